The van der Waals surface area contributed by atoms with Gasteiger partial charge in [0, 0.05) is 41.6 Å². The van der Waals surface area contributed by atoms with E-state index in [9.17, 15) is 4.79 Å². The molecule has 0 aliphatic carbocycles. The maximum Gasteiger partial charge on any atom is 0.328 e. The minimum Gasteiger partial charge on any atom is -0.456 e. The molecule has 7 heteroatoms. The van der Waals surface area contributed by atoms with Crippen LogP contribution in [-0.2, 0) is 14.1 Å². The minimum absolute atomic E-state index is 0.0529. The molecule has 0 aliphatic rings. The molecule has 3 aromatic heterocycles. The smallest absolute Gasteiger partial charge is 0.328 e. The van der Waals surface area contributed by atoms with E-state index in [2.05, 4.69) is 48.5 Å². The summed E-state index contributed by atoms with van der Waals surface area (Å²) >= 11 is 0. The molecular formula is C42H29N5O2. The van der Waals surface area contributed by atoms with Crippen molar-refractivity contribution in [3.8, 4) is 56.4 Å². The Bertz CT molecular complexity index is 2760. The number of furan rings is 1. The van der Waals surface area contributed by atoms with Gasteiger partial charge in [-0.25, -0.2) is 19.7 Å². The Morgan fingerprint density at radius 3 is 1.88 bits per heavy atom. The number of imidazole rings is 1. The van der Waals surface area contributed by atoms with Gasteiger partial charge in [-0.1, -0.05) is 103 Å². The SMILES string of the molecule is Cn1c(=O)n(C)c2cc(-c3cccc(-c4nc(-c5ccccc5)nc(-c5cc(-c6ccccc6)cc6oc7ccccc7c56)n4)c3)ccc21. The standard InChI is InChI=1S/C42H29N5O2/c1-46-34-21-20-29(24-35(34)47(2)42(46)48)28-16-11-17-30(22-28)40-43-39(27-14-7-4-8-15-27)44-41(45-40)33-23-31(26-12-5-3-6-13-26)25-37-38(33)32-18-9-10-19-36(32)49-37/h3-25H,1-2H3. The first-order valence-electron chi connectivity index (χ1n) is 16.1. The van der Waals surface area contributed by atoms with E-state index >= 15 is 0 Å². The van der Waals surface area contributed by atoms with E-state index in [4.69, 9.17) is 19.4 Å². The average molecular weight is 636 g/mol. The summed E-state index contributed by atoms with van der Waals surface area (Å²) in [7, 11) is 3.60. The van der Waals surface area contributed by atoms with Crippen molar-refractivity contribution in [2.75, 3.05) is 0 Å². The van der Waals surface area contributed by atoms with Crippen LogP contribution in [0.5, 0.6) is 0 Å². The first-order chi connectivity index (χ1) is 24.0. The van der Waals surface area contributed by atoms with Crippen molar-refractivity contribution in [3.05, 3.63) is 150 Å². The molecule has 9 aromatic rings. The summed E-state index contributed by atoms with van der Waals surface area (Å²) in [6.07, 6.45) is 0. The van der Waals surface area contributed by atoms with E-state index in [1.54, 1.807) is 23.2 Å². The molecule has 0 saturated carbocycles. The molecule has 0 N–H and O–H groups in total. The molecule has 234 valence electrons. The largest absolute Gasteiger partial charge is 0.456 e. The normalized spacial score (nSPS) is 11.6. The van der Waals surface area contributed by atoms with Gasteiger partial charge in [0.25, 0.3) is 0 Å². The van der Waals surface area contributed by atoms with Crippen LogP contribution in [0.25, 0.3) is 89.4 Å². The Morgan fingerprint density at radius 1 is 0.469 bits per heavy atom. The van der Waals surface area contributed by atoms with Crippen molar-refractivity contribution in [1.82, 2.24) is 24.1 Å². The maximum absolute atomic E-state index is 12.6. The zero-order valence-corrected chi connectivity index (χ0v) is 26.8. The number of nitrogens with zero attached hydrogens (tertiary/aromatic N) is 5. The number of rotatable bonds is 5. The van der Waals surface area contributed by atoms with Crippen molar-refractivity contribution in [1.29, 1.82) is 0 Å². The van der Waals surface area contributed by atoms with Gasteiger partial charge in [0.1, 0.15) is 11.2 Å². The van der Waals surface area contributed by atoms with Crippen LogP contribution in [0.4, 0.5) is 0 Å². The van der Waals surface area contributed by atoms with Crippen LogP contribution in [0.2, 0.25) is 0 Å². The minimum atomic E-state index is -0.0529. The zero-order valence-electron chi connectivity index (χ0n) is 26.8. The topological polar surface area (TPSA) is 78.7 Å². The highest BCUT2D eigenvalue weighted by Gasteiger charge is 2.20. The molecular weight excluding hydrogens is 606 g/mol. The summed E-state index contributed by atoms with van der Waals surface area (Å²) < 4.78 is 9.77. The van der Waals surface area contributed by atoms with Gasteiger partial charge < -0.3 is 4.42 Å². The predicted octanol–water partition coefficient (Wildman–Crippen LogP) is 9.30. The Balaban J connectivity index is 1.27. The van der Waals surface area contributed by atoms with Gasteiger partial charge in [-0.05, 0) is 58.7 Å². The lowest BCUT2D eigenvalue weighted by Crippen LogP contribution is -2.19. The van der Waals surface area contributed by atoms with Gasteiger partial charge in [-0.3, -0.25) is 9.13 Å². The van der Waals surface area contributed by atoms with Crippen LogP contribution in [0.1, 0.15) is 0 Å². The number of benzene rings is 6. The summed E-state index contributed by atoms with van der Waals surface area (Å²) in [4.78, 5) is 27.9. The molecule has 0 spiro atoms. The number of para-hydroxylation sites is 1. The van der Waals surface area contributed by atoms with Crippen LogP contribution in [-0.4, -0.2) is 24.1 Å². The molecule has 9 rings (SSSR count). The summed E-state index contributed by atoms with van der Waals surface area (Å²) in [6, 6.07) is 46.9. The van der Waals surface area contributed by atoms with Crippen molar-refractivity contribution in [2.45, 2.75) is 0 Å². The highest BCUT2D eigenvalue weighted by molar-refractivity contribution is 6.13. The number of hydrogen-bond acceptors (Lipinski definition) is 5. The summed E-state index contributed by atoms with van der Waals surface area (Å²) in [5, 5.41) is 1.96. The number of aromatic nitrogens is 5. The third-order valence-electron chi connectivity index (χ3n) is 9.22. The summed E-state index contributed by atoms with van der Waals surface area (Å²) in [5.41, 5.74) is 9.98. The molecule has 0 bridgehead atoms. The van der Waals surface area contributed by atoms with Crippen LogP contribution < -0.4 is 5.69 Å². The van der Waals surface area contributed by atoms with Gasteiger partial charge in [0.05, 0.1) is 11.0 Å². The van der Waals surface area contributed by atoms with Crippen LogP contribution in [0.15, 0.2) is 149 Å². The summed E-state index contributed by atoms with van der Waals surface area (Å²) in [6.45, 7) is 0. The van der Waals surface area contributed by atoms with Gasteiger partial charge in [-0.15, -0.1) is 0 Å². The molecule has 7 nitrogen and oxygen atoms in total. The Hall–Kier alpha value is -6.60. The van der Waals surface area contributed by atoms with Gasteiger partial charge in [0.2, 0.25) is 0 Å². The average Bonchev–Trinajstić information content (AvgIpc) is 3.65. The molecule has 0 fully saturated rings. The fourth-order valence-corrected chi connectivity index (χ4v) is 6.69. The number of aryl methyl sites for hydroxylation is 2. The van der Waals surface area contributed by atoms with E-state index in [0.717, 1.165) is 71.9 Å². The van der Waals surface area contributed by atoms with Crippen molar-refractivity contribution in [3.63, 3.8) is 0 Å². The fraction of sp³-hybridized carbons (Fsp3) is 0.0476. The Kier molecular flexibility index (Phi) is 6.59. The molecule has 0 unspecified atom stereocenters. The molecule has 49 heavy (non-hydrogen) atoms. The van der Waals surface area contributed by atoms with Crippen LogP contribution in [0, 0.1) is 0 Å². The first kappa shape index (κ1) is 28.6. The highest BCUT2D eigenvalue weighted by atomic mass is 16.3. The Labute approximate surface area is 281 Å². The van der Waals surface area contributed by atoms with Crippen molar-refractivity contribution < 1.29 is 4.42 Å². The second-order valence-corrected chi connectivity index (χ2v) is 12.2. The zero-order chi connectivity index (χ0) is 33.1. The number of fused-ring (bicyclic) bond motifs is 4. The van der Waals surface area contributed by atoms with Gasteiger partial charge >= 0.3 is 5.69 Å². The van der Waals surface area contributed by atoms with E-state index < -0.39 is 0 Å². The second-order valence-electron chi connectivity index (χ2n) is 12.2. The lowest BCUT2D eigenvalue weighted by Gasteiger charge is -2.12. The molecule has 6 aromatic carbocycles. The molecule has 0 saturated heterocycles. The molecule has 0 aliphatic heterocycles. The molecule has 0 atom stereocenters. The third-order valence-corrected chi connectivity index (χ3v) is 9.22. The van der Waals surface area contributed by atoms with Gasteiger partial charge in [-0.2, -0.15) is 0 Å². The second kappa shape index (κ2) is 11.3. The van der Waals surface area contributed by atoms with Crippen LogP contribution in [0.3, 0.4) is 0 Å². The van der Waals surface area contributed by atoms with Crippen LogP contribution >= 0.6 is 0 Å². The summed E-state index contributed by atoms with van der Waals surface area (Å²) in [5.74, 6) is 1.70. The van der Waals surface area contributed by atoms with Gasteiger partial charge in [0.15, 0.2) is 17.5 Å². The number of hydrogen-bond donors (Lipinski definition) is 0. The highest BCUT2D eigenvalue weighted by Crippen LogP contribution is 2.40. The van der Waals surface area contributed by atoms with Crippen molar-refractivity contribution in [2.24, 2.45) is 14.1 Å². The lowest BCUT2D eigenvalue weighted by molar-refractivity contribution is 0.669. The van der Waals surface area contributed by atoms with E-state index in [-0.39, 0.29) is 5.69 Å². The maximum atomic E-state index is 12.6. The monoisotopic (exact) mass is 635 g/mol. The Morgan fingerprint density at radius 2 is 1.08 bits per heavy atom. The lowest BCUT2D eigenvalue weighted by atomic mass is 9.98. The third kappa shape index (κ3) is 4.83. The fourth-order valence-electron chi connectivity index (χ4n) is 6.69. The predicted molar refractivity (Wildman–Crippen MR) is 196 cm³/mol. The van der Waals surface area contributed by atoms with Crippen molar-refractivity contribution >= 4 is 33.0 Å². The first-order valence-corrected chi connectivity index (χ1v) is 16.1. The van der Waals surface area contributed by atoms with E-state index in [1.165, 1.54) is 0 Å². The van der Waals surface area contributed by atoms with E-state index in [1.807, 2.05) is 91.0 Å². The van der Waals surface area contributed by atoms with E-state index in [0.29, 0.717) is 17.5 Å². The quantitative estimate of drug-likeness (QED) is 0.188. The molecule has 0 amide bonds. The molecule has 0 radical (unpaired) electrons. The molecule has 3 heterocycles.